The number of carbonyl (C=O) groups is 1. The van der Waals surface area contributed by atoms with E-state index in [2.05, 4.69) is 15.6 Å². The van der Waals surface area contributed by atoms with Gasteiger partial charge in [-0.1, -0.05) is 39.0 Å². The summed E-state index contributed by atoms with van der Waals surface area (Å²) < 4.78 is 12.0. The van der Waals surface area contributed by atoms with Gasteiger partial charge in [0.2, 0.25) is 5.91 Å². The lowest BCUT2D eigenvalue weighted by Crippen LogP contribution is -2.30. The van der Waals surface area contributed by atoms with E-state index < -0.39 is 16.4 Å². The molecule has 1 aliphatic rings. The molecular formula is C30H29N5O5S. The first-order chi connectivity index (χ1) is 19.6. The van der Waals surface area contributed by atoms with Gasteiger partial charge in [-0.25, -0.2) is 0 Å². The van der Waals surface area contributed by atoms with Gasteiger partial charge in [-0.2, -0.15) is 0 Å². The van der Waals surface area contributed by atoms with Crippen molar-refractivity contribution in [3.05, 3.63) is 101 Å². The standard InChI is InChI=1S/C30H29N5O5S/c1-30(2,3)28(36)32-21-12-11-19(17-25(21)39-4)34-27(26(33-29(34)41)22-10-5-6-15-31-22)24-14-13-23(40-24)18-8-7-9-20(16-18)35(37)38/h5-17,26-27H,1-4H3,(H,32,36)(H,33,41)/t26-,27-/m1/s1. The van der Waals surface area contributed by atoms with Gasteiger partial charge in [-0.05, 0) is 48.6 Å². The average Bonchev–Trinajstić information content (AvgIpc) is 3.58. The smallest absolute Gasteiger partial charge is 0.270 e. The Balaban J connectivity index is 1.56. The van der Waals surface area contributed by atoms with Gasteiger partial charge in [0.1, 0.15) is 23.3 Å². The first-order valence-corrected chi connectivity index (χ1v) is 13.3. The van der Waals surface area contributed by atoms with Crippen molar-refractivity contribution >= 4 is 40.3 Å². The van der Waals surface area contributed by atoms with Gasteiger partial charge in [0, 0.05) is 41.1 Å². The van der Waals surface area contributed by atoms with Crippen LogP contribution < -0.4 is 20.3 Å². The summed E-state index contributed by atoms with van der Waals surface area (Å²) in [7, 11) is 1.54. The van der Waals surface area contributed by atoms with E-state index in [1.54, 1.807) is 37.6 Å². The van der Waals surface area contributed by atoms with Crippen molar-refractivity contribution < 1.29 is 18.9 Å². The van der Waals surface area contributed by atoms with Crippen LogP contribution in [-0.2, 0) is 4.79 Å². The summed E-state index contributed by atoms with van der Waals surface area (Å²) in [5, 5.41) is 18.1. The second-order valence-electron chi connectivity index (χ2n) is 10.6. The minimum atomic E-state index is -0.582. The number of non-ortho nitro benzene ring substituents is 1. The molecule has 210 valence electrons. The zero-order chi connectivity index (χ0) is 29.3. The molecule has 1 saturated heterocycles. The molecule has 2 atom stereocenters. The van der Waals surface area contributed by atoms with Gasteiger partial charge in [-0.15, -0.1) is 0 Å². The van der Waals surface area contributed by atoms with Gasteiger partial charge in [0.15, 0.2) is 5.11 Å². The zero-order valence-corrected chi connectivity index (χ0v) is 23.8. The molecule has 10 nitrogen and oxygen atoms in total. The largest absolute Gasteiger partial charge is 0.494 e. The van der Waals surface area contributed by atoms with Crippen LogP contribution >= 0.6 is 12.2 Å². The second kappa shape index (κ2) is 11.0. The Hall–Kier alpha value is -4.77. The highest BCUT2D eigenvalue weighted by molar-refractivity contribution is 7.80. The van der Waals surface area contributed by atoms with Crippen LogP contribution in [-0.4, -0.2) is 28.0 Å². The summed E-state index contributed by atoms with van der Waals surface area (Å²) in [6.45, 7) is 5.52. The number of nitrogens with zero attached hydrogens (tertiary/aromatic N) is 3. The van der Waals surface area contributed by atoms with Crippen LogP contribution in [0.1, 0.15) is 44.3 Å². The predicted octanol–water partition coefficient (Wildman–Crippen LogP) is 6.42. The monoisotopic (exact) mass is 571 g/mol. The maximum absolute atomic E-state index is 12.6. The number of rotatable bonds is 7. The SMILES string of the molecule is COc1cc(N2C(=S)N[C@H](c3ccccn3)[C@H]2c2ccc(-c3cccc([N+](=O)[O-])c3)o2)ccc1NC(=O)C(C)(C)C. The van der Waals surface area contributed by atoms with Crippen molar-refractivity contribution in [2.75, 3.05) is 17.3 Å². The molecule has 2 aromatic carbocycles. The summed E-state index contributed by atoms with van der Waals surface area (Å²) in [6, 6.07) is 20.2. The van der Waals surface area contributed by atoms with Gasteiger partial charge in [0.25, 0.3) is 5.69 Å². The topological polar surface area (TPSA) is 123 Å². The van der Waals surface area contributed by atoms with Crippen LogP contribution in [0.4, 0.5) is 17.1 Å². The molecule has 0 unspecified atom stereocenters. The third-order valence-corrected chi connectivity index (χ3v) is 7.07. The van der Waals surface area contributed by atoms with Crippen molar-refractivity contribution in [2.24, 2.45) is 5.41 Å². The lowest BCUT2D eigenvalue weighted by molar-refractivity contribution is -0.384. The average molecular weight is 572 g/mol. The number of anilines is 2. The molecule has 0 spiro atoms. The zero-order valence-electron chi connectivity index (χ0n) is 23.0. The van der Waals surface area contributed by atoms with Crippen molar-refractivity contribution in [3.63, 3.8) is 0 Å². The molecule has 41 heavy (non-hydrogen) atoms. The summed E-state index contributed by atoms with van der Waals surface area (Å²) in [5.41, 5.74) is 1.99. The number of ether oxygens (including phenoxy) is 1. The van der Waals surface area contributed by atoms with E-state index in [4.69, 9.17) is 21.4 Å². The van der Waals surface area contributed by atoms with E-state index >= 15 is 0 Å². The molecule has 1 fully saturated rings. The first-order valence-electron chi connectivity index (χ1n) is 12.9. The summed E-state index contributed by atoms with van der Waals surface area (Å²) in [5.74, 6) is 1.40. The number of furan rings is 1. The number of aromatic nitrogens is 1. The minimum Gasteiger partial charge on any atom is -0.494 e. The number of benzene rings is 2. The number of nitro groups is 1. The highest BCUT2D eigenvalue weighted by Crippen LogP contribution is 2.44. The highest BCUT2D eigenvalue weighted by atomic mass is 32.1. The van der Waals surface area contributed by atoms with Crippen molar-refractivity contribution in [1.82, 2.24) is 10.3 Å². The Kier molecular flexibility index (Phi) is 7.46. The van der Waals surface area contributed by atoms with E-state index in [9.17, 15) is 14.9 Å². The quantitative estimate of drug-likeness (QED) is 0.147. The van der Waals surface area contributed by atoms with Crippen molar-refractivity contribution in [2.45, 2.75) is 32.9 Å². The van der Waals surface area contributed by atoms with E-state index in [1.165, 1.54) is 12.1 Å². The molecule has 4 aromatic rings. The third kappa shape index (κ3) is 5.62. The number of hydrogen-bond donors (Lipinski definition) is 2. The van der Waals surface area contributed by atoms with Crippen LogP contribution in [0.3, 0.4) is 0 Å². The first kappa shape index (κ1) is 27.8. The fourth-order valence-corrected chi connectivity index (χ4v) is 4.95. The number of hydrogen-bond acceptors (Lipinski definition) is 7. The number of nitro benzene ring substituents is 1. The van der Waals surface area contributed by atoms with Gasteiger partial charge >= 0.3 is 0 Å². The summed E-state index contributed by atoms with van der Waals surface area (Å²) in [6.07, 6.45) is 1.71. The molecule has 5 rings (SSSR count). The Morgan fingerprint density at radius 2 is 1.93 bits per heavy atom. The van der Waals surface area contributed by atoms with E-state index in [0.717, 1.165) is 5.69 Å². The Labute approximate surface area is 242 Å². The number of methoxy groups -OCH3 is 1. The number of amides is 1. The molecule has 11 heteroatoms. The molecule has 2 aromatic heterocycles. The number of pyridine rings is 1. The molecule has 0 radical (unpaired) electrons. The maximum atomic E-state index is 12.6. The molecule has 1 aliphatic heterocycles. The Morgan fingerprint density at radius 1 is 1.12 bits per heavy atom. The fourth-order valence-electron chi connectivity index (χ4n) is 4.60. The van der Waals surface area contributed by atoms with Crippen LogP contribution in [0.25, 0.3) is 11.3 Å². The molecule has 2 N–H and O–H groups in total. The molecule has 0 saturated carbocycles. The predicted molar refractivity (Wildman–Crippen MR) is 160 cm³/mol. The molecular weight excluding hydrogens is 542 g/mol. The third-order valence-electron chi connectivity index (χ3n) is 6.75. The molecule has 1 amide bonds. The Bertz CT molecular complexity index is 1620. The van der Waals surface area contributed by atoms with Crippen molar-refractivity contribution in [1.29, 1.82) is 0 Å². The van der Waals surface area contributed by atoms with E-state index in [0.29, 0.717) is 39.3 Å². The summed E-state index contributed by atoms with van der Waals surface area (Å²) >= 11 is 5.81. The normalized spacial score (nSPS) is 16.8. The minimum absolute atomic E-state index is 0.0251. The second-order valence-corrected chi connectivity index (χ2v) is 11.0. The molecule has 0 aliphatic carbocycles. The number of thiocarbonyl (C=S) groups is 1. The summed E-state index contributed by atoms with van der Waals surface area (Å²) in [4.78, 5) is 30.0. The Morgan fingerprint density at radius 3 is 2.61 bits per heavy atom. The number of nitrogens with one attached hydrogen (secondary N) is 2. The lowest BCUT2D eigenvalue weighted by Gasteiger charge is -2.27. The van der Waals surface area contributed by atoms with E-state index in [-0.39, 0.29) is 17.6 Å². The molecule has 3 heterocycles. The van der Waals surface area contributed by atoms with E-state index in [1.807, 2.05) is 62.1 Å². The van der Waals surface area contributed by atoms with Crippen molar-refractivity contribution in [3.8, 4) is 17.1 Å². The van der Waals surface area contributed by atoms with Crippen LogP contribution in [0.15, 0.2) is 83.4 Å². The van der Waals surface area contributed by atoms with Crippen LogP contribution in [0, 0.1) is 15.5 Å². The van der Waals surface area contributed by atoms with Crippen LogP contribution in [0.5, 0.6) is 5.75 Å². The molecule has 0 bridgehead atoms. The number of carbonyl (C=O) groups excluding carboxylic acids is 1. The fraction of sp³-hybridized carbons (Fsp3) is 0.233. The maximum Gasteiger partial charge on any atom is 0.270 e. The van der Waals surface area contributed by atoms with Gasteiger partial charge in [0.05, 0.1) is 29.5 Å². The van der Waals surface area contributed by atoms with Crippen LogP contribution in [0.2, 0.25) is 0 Å². The lowest BCUT2D eigenvalue weighted by atomic mass is 9.95. The van der Waals surface area contributed by atoms with Gasteiger partial charge in [-0.3, -0.25) is 19.9 Å². The van der Waals surface area contributed by atoms with Gasteiger partial charge < -0.3 is 24.7 Å². The highest BCUT2D eigenvalue weighted by Gasteiger charge is 2.43.